The van der Waals surface area contributed by atoms with Crippen LogP contribution in [-0.2, 0) is 4.79 Å². The van der Waals surface area contributed by atoms with Crippen molar-refractivity contribution in [2.24, 2.45) is 0 Å². The molecule has 0 aromatic rings. The molecule has 1 rings (SSSR count). The Labute approximate surface area is 103 Å². The Bertz CT molecular complexity index is 291. The summed E-state index contributed by atoms with van der Waals surface area (Å²) >= 11 is 0. The number of imide groups is 1. The Kier molecular flexibility index (Phi) is 4.51. The second kappa shape index (κ2) is 5.49. The molecular weight excluding hydrogens is 218 g/mol. The largest absolute Gasteiger partial charge is 0.333 e. The molecule has 0 aliphatic carbocycles. The summed E-state index contributed by atoms with van der Waals surface area (Å²) in [5.41, 5.74) is -0.332. The molecule has 3 amide bonds. The number of carbonyl (C=O) groups excluding carboxylic acids is 2. The topological polar surface area (TPSA) is 61.4 Å². The molecule has 98 valence electrons. The van der Waals surface area contributed by atoms with Gasteiger partial charge in [-0.15, -0.1) is 0 Å². The Morgan fingerprint density at radius 2 is 1.71 bits per heavy atom. The smallest absolute Gasteiger partial charge is 0.321 e. The van der Waals surface area contributed by atoms with E-state index in [0.29, 0.717) is 0 Å². The highest BCUT2D eigenvalue weighted by atomic mass is 16.2. The first kappa shape index (κ1) is 14.0. The number of hydrogen-bond acceptors (Lipinski definition) is 3. The summed E-state index contributed by atoms with van der Waals surface area (Å²) in [6.07, 6.45) is 2.26. The fraction of sp³-hybridized carbons (Fsp3) is 0.833. The van der Waals surface area contributed by atoms with Crippen LogP contribution in [0.5, 0.6) is 0 Å². The van der Waals surface area contributed by atoms with Crippen LogP contribution in [0.15, 0.2) is 0 Å². The molecule has 0 spiro atoms. The van der Waals surface area contributed by atoms with Crippen LogP contribution in [-0.4, -0.2) is 41.5 Å². The highest BCUT2D eigenvalue weighted by molar-refractivity contribution is 5.97. The fourth-order valence-electron chi connectivity index (χ4n) is 1.88. The van der Waals surface area contributed by atoms with Crippen molar-refractivity contribution in [2.75, 3.05) is 13.1 Å². The molecule has 1 atom stereocenters. The van der Waals surface area contributed by atoms with Gasteiger partial charge in [0, 0.05) is 5.54 Å². The van der Waals surface area contributed by atoms with Crippen molar-refractivity contribution in [2.45, 2.75) is 52.1 Å². The maximum absolute atomic E-state index is 11.8. The van der Waals surface area contributed by atoms with E-state index in [2.05, 4.69) is 15.5 Å². The zero-order valence-electron chi connectivity index (χ0n) is 11.2. The number of rotatable bonds is 2. The molecule has 0 aromatic carbocycles. The van der Waals surface area contributed by atoms with Gasteiger partial charge in [0.05, 0.1) is 6.04 Å². The number of likely N-dealkylation sites (tertiary alicyclic amines) is 1. The lowest BCUT2D eigenvalue weighted by atomic mass is 10.1. The number of urea groups is 1. The molecule has 1 heterocycles. The van der Waals surface area contributed by atoms with Crippen LogP contribution in [0.4, 0.5) is 4.79 Å². The van der Waals surface area contributed by atoms with Gasteiger partial charge in [0.2, 0.25) is 5.91 Å². The molecule has 0 radical (unpaired) electrons. The third-order valence-electron chi connectivity index (χ3n) is 2.79. The first-order valence-corrected chi connectivity index (χ1v) is 6.16. The summed E-state index contributed by atoms with van der Waals surface area (Å²) in [6.45, 7) is 9.35. The number of amides is 3. The van der Waals surface area contributed by atoms with Gasteiger partial charge in [-0.2, -0.15) is 0 Å². The van der Waals surface area contributed by atoms with Gasteiger partial charge >= 0.3 is 6.03 Å². The average Bonchev–Trinajstić information content (AvgIpc) is 2.65. The highest BCUT2D eigenvalue weighted by Crippen LogP contribution is 2.11. The van der Waals surface area contributed by atoms with E-state index in [1.165, 1.54) is 0 Å². The molecule has 0 aromatic heterocycles. The standard InChI is InChI=1S/C12H23N3O2/c1-9(15-7-5-6-8-15)10(16)13-11(17)14-12(2,3)4/h9H,5-8H2,1-4H3,(H2,13,14,16,17)/t9-/m1/s1. The van der Waals surface area contributed by atoms with Crippen LogP contribution < -0.4 is 10.6 Å². The van der Waals surface area contributed by atoms with Gasteiger partial charge in [-0.1, -0.05) is 0 Å². The van der Waals surface area contributed by atoms with E-state index in [9.17, 15) is 9.59 Å². The highest BCUT2D eigenvalue weighted by Gasteiger charge is 2.25. The quantitative estimate of drug-likeness (QED) is 0.761. The summed E-state index contributed by atoms with van der Waals surface area (Å²) in [5.74, 6) is -0.228. The van der Waals surface area contributed by atoms with Gasteiger partial charge in [0.25, 0.3) is 0 Å². The summed E-state index contributed by atoms with van der Waals surface area (Å²) in [6, 6.07) is -0.656. The SMILES string of the molecule is C[C@H](C(=O)NC(=O)NC(C)(C)C)N1CCCC1. The normalized spacial score (nSPS) is 18.8. The van der Waals surface area contributed by atoms with Crippen molar-refractivity contribution in [3.05, 3.63) is 0 Å². The summed E-state index contributed by atoms with van der Waals surface area (Å²) < 4.78 is 0. The molecule has 2 N–H and O–H groups in total. The van der Waals surface area contributed by atoms with Crippen molar-refractivity contribution in [1.82, 2.24) is 15.5 Å². The summed E-state index contributed by atoms with van der Waals surface area (Å²) in [7, 11) is 0. The summed E-state index contributed by atoms with van der Waals surface area (Å²) in [5, 5.41) is 5.09. The van der Waals surface area contributed by atoms with Crippen LogP contribution in [0.25, 0.3) is 0 Å². The molecule has 0 unspecified atom stereocenters. The predicted molar refractivity (Wildman–Crippen MR) is 66.7 cm³/mol. The predicted octanol–water partition coefficient (Wildman–Crippen LogP) is 1.09. The third-order valence-corrected chi connectivity index (χ3v) is 2.79. The zero-order chi connectivity index (χ0) is 13.1. The molecule has 0 saturated carbocycles. The lowest BCUT2D eigenvalue weighted by Gasteiger charge is -2.24. The Morgan fingerprint density at radius 1 is 1.18 bits per heavy atom. The second-order valence-electron chi connectivity index (χ2n) is 5.61. The van der Waals surface area contributed by atoms with Crippen molar-refractivity contribution < 1.29 is 9.59 Å². The van der Waals surface area contributed by atoms with Gasteiger partial charge in [-0.05, 0) is 53.6 Å². The molecule has 1 aliphatic heterocycles. The maximum Gasteiger partial charge on any atom is 0.321 e. The number of nitrogens with zero attached hydrogens (tertiary/aromatic N) is 1. The number of carbonyl (C=O) groups is 2. The van der Waals surface area contributed by atoms with Gasteiger partial charge in [0.15, 0.2) is 0 Å². The molecule has 1 fully saturated rings. The maximum atomic E-state index is 11.8. The van der Waals surface area contributed by atoms with E-state index in [1.807, 2.05) is 27.7 Å². The first-order chi connectivity index (χ1) is 7.79. The minimum absolute atomic E-state index is 0.228. The van der Waals surface area contributed by atoms with Crippen LogP contribution >= 0.6 is 0 Å². The van der Waals surface area contributed by atoms with Crippen LogP contribution in [0.2, 0.25) is 0 Å². The molecule has 5 nitrogen and oxygen atoms in total. The minimum atomic E-state index is -0.423. The van der Waals surface area contributed by atoms with Crippen LogP contribution in [0.1, 0.15) is 40.5 Å². The molecule has 17 heavy (non-hydrogen) atoms. The van der Waals surface area contributed by atoms with Crippen molar-refractivity contribution in [3.8, 4) is 0 Å². The molecule has 0 bridgehead atoms. The Hall–Kier alpha value is -1.10. The van der Waals surface area contributed by atoms with Gasteiger partial charge in [-0.3, -0.25) is 15.0 Å². The Balaban J connectivity index is 2.40. The molecule has 1 aliphatic rings. The van der Waals surface area contributed by atoms with Crippen LogP contribution in [0, 0.1) is 0 Å². The van der Waals surface area contributed by atoms with Crippen molar-refractivity contribution in [1.29, 1.82) is 0 Å². The number of hydrogen-bond donors (Lipinski definition) is 2. The van der Waals surface area contributed by atoms with E-state index < -0.39 is 6.03 Å². The van der Waals surface area contributed by atoms with Gasteiger partial charge < -0.3 is 5.32 Å². The van der Waals surface area contributed by atoms with E-state index >= 15 is 0 Å². The minimum Gasteiger partial charge on any atom is -0.333 e. The average molecular weight is 241 g/mol. The molecule has 1 saturated heterocycles. The lowest BCUT2D eigenvalue weighted by molar-refractivity contribution is -0.124. The van der Waals surface area contributed by atoms with E-state index in [-0.39, 0.29) is 17.5 Å². The third kappa shape index (κ3) is 4.73. The van der Waals surface area contributed by atoms with Gasteiger partial charge in [0.1, 0.15) is 0 Å². The lowest BCUT2D eigenvalue weighted by Crippen LogP contribution is -2.52. The van der Waals surface area contributed by atoms with E-state index in [0.717, 1.165) is 25.9 Å². The monoisotopic (exact) mass is 241 g/mol. The Morgan fingerprint density at radius 3 is 2.18 bits per heavy atom. The zero-order valence-corrected chi connectivity index (χ0v) is 11.2. The van der Waals surface area contributed by atoms with Crippen LogP contribution in [0.3, 0.4) is 0 Å². The fourth-order valence-corrected chi connectivity index (χ4v) is 1.88. The molecule has 5 heteroatoms. The first-order valence-electron chi connectivity index (χ1n) is 6.16. The van der Waals surface area contributed by atoms with Gasteiger partial charge in [-0.25, -0.2) is 4.79 Å². The summed E-state index contributed by atoms with van der Waals surface area (Å²) in [4.78, 5) is 25.4. The van der Waals surface area contributed by atoms with E-state index in [4.69, 9.17) is 0 Å². The second-order valence-corrected chi connectivity index (χ2v) is 5.61. The van der Waals surface area contributed by atoms with Crippen molar-refractivity contribution in [3.63, 3.8) is 0 Å². The molecular formula is C12H23N3O2. The van der Waals surface area contributed by atoms with E-state index in [1.54, 1.807) is 0 Å². The van der Waals surface area contributed by atoms with Crippen molar-refractivity contribution >= 4 is 11.9 Å². The number of nitrogens with one attached hydrogen (secondary N) is 2.